The third kappa shape index (κ3) is 5.14. The van der Waals surface area contributed by atoms with Gasteiger partial charge in [0.2, 0.25) is 5.91 Å². The van der Waals surface area contributed by atoms with E-state index < -0.39 is 0 Å². The number of benzene rings is 1. The van der Waals surface area contributed by atoms with Gasteiger partial charge < -0.3 is 15.1 Å². The van der Waals surface area contributed by atoms with Crippen LogP contribution in [0.25, 0.3) is 0 Å². The van der Waals surface area contributed by atoms with Crippen molar-refractivity contribution in [3.8, 4) is 0 Å². The first-order valence-electron chi connectivity index (χ1n) is 8.99. The van der Waals surface area contributed by atoms with Gasteiger partial charge in [0.1, 0.15) is 5.82 Å². The van der Waals surface area contributed by atoms with Crippen LogP contribution in [0.4, 0.5) is 4.39 Å². The van der Waals surface area contributed by atoms with E-state index in [1.807, 2.05) is 4.90 Å². The summed E-state index contributed by atoms with van der Waals surface area (Å²) in [6.07, 6.45) is 0.582. The maximum Gasteiger partial charge on any atom is 0.223 e. The van der Waals surface area contributed by atoms with Crippen molar-refractivity contribution in [2.45, 2.75) is 13.0 Å². The number of hydrogen-bond acceptors (Lipinski definition) is 4. The monoisotopic (exact) mass is 368 g/mol. The summed E-state index contributed by atoms with van der Waals surface area (Å²) >= 11 is 6.11. The zero-order valence-corrected chi connectivity index (χ0v) is 15.3. The van der Waals surface area contributed by atoms with Gasteiger partial charge >= 0.3 is 0 Å². The molecule has 0 aliphatic carbocycles. The lowest BCUT2D eigenvalue weighted by Crippen LogP contribution is -2.49. The highest BCUT2D eigenvalue weighted by Gasteiger charge is 2.21. The Bertz CT molecular complexity index is 566. The second-order valence-electron chi connectivity index (χ2n) is 6.70. The van der Waals surface area contributed by atoms with Crippen LogP contribution in [0, 0.1) is 5.82 Å². The molecule has 0 spiro atoms. The Balaban J connectivity index is 1.40. The van der Waals surface area contributed by atoms with Crippen molar-refractivity contribution in [1.29, 1.82) is 0 Å². The summed E-state index contributed by atoms with van der Waals surface area (Å²) in [5.41, 5.74) is 0.575. The molecule has 1 aromatic carbocycles. The molecule has 7 heteroatoms. The van der Waals surface area contributed by atoms with Crippen LogP contribution < -0.4 is 5.32 Å². The average Bonchev–Trinajstić information content (AvgIpc) is 2.64. The Kier molecular flexibility index (Phi) is 6.64. The molecule has 25 heavy (non-hydrogen) atoms. The van der Waals surface area contributed by atoms with E-state index in [0.717, 1.165) is 58.9 Å². The molecule has 0 bridgehead atoms. The summed E-state index contributed by atoms with van der Waals surface area (Å²) in [6, 6.07) is 4.83. The van der Waals surface area contributed by atoms with Gasteiger partial charge in [-0.25, -0.2) is 4.39 Å². The predicted molar refractivity (Wildman–Crippen MR) is 97.2 cm³/mol. The molecule has 0 aromatic heterocycles. The second-order valence-corrected chi connectivity index (χ2v) is 7.11. The first-order chi connectivity index (χ1) is 12.1. The number of nitrogens with one attached hydrogen (secondary N) is 1. The molecular formula is C18H26ClFN4O. The molecule has 0 radical (unpaired) electrons. The molecule has 1 amide bonds. The number of halogens is 2. The van der Waals surface area contributed by atoms with Crippen LogP contribution in [0.1, 0.15) is 12.0 Å². The molecule has 0 atom stereocenters. The van der Waals surface area contributed by atoms with Crippen LogP contribution in [0.2, 0.25) is 5.02 Å². The third-order valence-electron chi connectivity index (χ3n) is 5.02. The molecule has 1 N–H and O–H groups in total. The van der Waals surface area contributed by atoms with Crippen molar-refractivity contribution in [3.63, 3.8) is 0 Å². The smallest absolute Gasteiger partial charge is 0.223 e. The highest BCUT2D eigenvalue weighted by molar-refractivity contribution is 6.31. The minimum absolute atomic E-state index is 0.239. The molecule has 3 rings (SSSR count). The van der Waals surface area contributed by atoms with Gasteiger partial charge in [-0.1, -0.05) is 17.7 Å². The van der Waals surface area contributed by atoms with Gasteiger partial charge in [0.05, 0.1) is 0 Å². The van der Waals surface area contributed by atoms with Crippen molar-refractivity contribution in [1.82, 2.24) is 20.0 Å². The second kappa shape index (κ2) is 8.94. The van der Waals surface area contributed by atoms with E-state index in [9.17, 15) is 9.18 Å². The third-order valence-corrected chi connectivity index (χ3v) is 5.37. The van der Waals surface area contributed by atoms with Crippen molar-refractivity contribution in [2.75, 3.05) is 58.9 Å². The zero-order chi connectivity index (χ0) is 17.6. The van der Waals surface area contributed by atoms with Gasteiger partial charge in [-0.15, -0.1) is 0 Å². The Morgan fingerprint density at radius 1 is 1.08 bits per heavy atom. The van der Waals surface area contributed by atoms with Crippen LogP contribution in [-0.4, -0.2) is 79.5 Å². The number of hydrogen-bond donors (Lipinski definition) is 1. The number of carbonyl (C=O) groups excluding carboxylic acids is 1. The zero-order valence-electron chi connectivity index (χ0n) is 14.5. The predicted octanol–water partition coefficient (Wildman–Crippen LogP) is 1.42. The number of piperazine rings is 2. The van der Waals surface area contributed by atoms with Gasteiger partial charge in [0.15, 0.2) is 0 Å². The van der Waals surface area contributed by atoms with E-state index in [1.165, 1.54) is 6.07 Å². The summed E-state index contributed by atoms with van der Waals surface area (Å²) < 4.78 is 13.9. The average molecular weight is 369 g/mol. The first-order valence-corrected chi connectivity index (χ1v) is 9.37. The molecule has 2 aliphatic rings. The largest absolute Gasteiger partial charge is 0.340 e. The van der Waals surface area contributed by atoms with Crippen molar-refractivity contribution >= 4 is 17.5 Å². The lowest BCUT2D eigenvalue weighted by molar-refractivity contribution is -0.132. The molecule has 2 aliphatic heterocycles. The van der Waals surface area contributed by atoms with Gasteiger partial charge in [-0.05, 0) is 12.1 Å². The summed E-state index contributed by atoms with van der Waals surface area (Å²) in [7, 11) is 0. The van der Waals surface area contributed by atoms with Crippen LogP contribution >= 0.6 is 11.6 Å². The SMILES string of the molecule is O=C(CCN1CCN(Cc2c(F)cccc2Cl)CC1)N1CCNCC1. The van der Waals surface area contributed by atoms with E-state index in [-0.39, 0.29) is 11.7 Å². The van der Waals surface area contributed by atoms with Crippen LogP contribution in [0.3, 0.4) is 0 Å². The van der Waals surface area contributed by atoms with E-state index >= 15 is 0 Å². The maximum absolute atomic E-state index is 13.9. The molecule has 0 unspecified atom stereocenters. The van der Waals surface area contributed by atoms with E-state index in [4.69, 9.17) is 11.6 Å². The van der Waals surface area contributed by atoms with Crippen molar-refractivity contribution < 1.29 is 9.18 Å². The van der Waals surface area contributed by atoms with Crippen molar-refractivity contribution in [3.05, 3.63) is 34.6 Å². The van der Waals surface area contributed by atoms with E-state index in [0.29, 0.717) is 23.6 Å². The highest BCUT2D eigenvalue weighted by Crippen LogP contribution is 2.21. The number of amides is 1. The van der Waals surface area contributed by atoms with Gasteiger partial charge in [-0.2, -0.15) is 0 Å². The van der Waals surface area contributed by atoms with E-state index in [2.05, 4.69) is 15.1 Å². The fourth-order valence-corrected chi connectivity index (χ4v) is 3.63. The topological polar surface area (TPSA) is 38.8 Å². The summed E-state index contributed by atoms with van der Waals surface area (Å²) in [4.78, 5) is 18.7. The Morgan fingerprint density at radius 2 is 1.76 bits per heavy atom. The maximum atomic E-state index is 13.9. The molecule has 0 saturated carbocycles. The van der Waals surface area contributed by atoms with Gasteiger partial charge in [0, 0.05) is 82.5 Å². The summed E-state index contributed by atoms with van der Waals surface area (Å²) in [6.45, 7) is 8.30. The standard InChI is InChI=1S/C18H26ClFN4O/c19-16-2-1-3-17(20)15(16)14-23-12-10-22(11-13-23)7-4-18(25)24-8-5-21-6-9-24/h1-3,21H,4-14H2. The van der Waals surface area contributed by atoms with Crippen LogP contribution in [0.5, 0.6) is 0 Å². The molecule has 2 saturated heterocycles. The minimum atomic E-state index is -0.239. The van der Waals surface area contributed by atoms with Gasteiger partial charge in [0.25, 0.3) is 0 Å². The lowest BCUT2D eigenvalue weighted by atomic mass is 10.1. The Hall–Kier alpha value is -1.21. The number of carbonyl (C=O) groups is 1. The molecular weight excluding hydrogens is 343 g/mol. The number of nitrogens with zero attached hydrogens (tertiary/aromatic N) is 3. The molecule has 1 aromatic rings. The normalized spacial score (nSPS) is 20.0. The first kappa shape index (κ1) is 18.6. The van der Waals surface area contributed by atoms with E-state index in [1.54, 1.807) is 12.1 Å². The lowest BCUT2D eigenvalue weighted by Gasteiger charge is -2.35. The summed E-state index contributed by atoms with van der Waals surface area (Å²) in [5, 5.41) is 3.75. The highest BCUT2D eigenvalue weighted by atomic mass is 35.5. The van der Waals surface area contributed by atoms with Crippen LogP contribution in [0.15, 0.2) is 18.2 Å². The van der Waals surface area contributed by atoms with Gasteiger partial charge in [-0.3, -0.25) is 9.69 Å². The molecule has 2 heterocycles. The fourth-order valence-electron chi connectivity index (χ4n) is 3.40. The molecule has 5 nitrogen and oxygen atoms in total. The quantitative estimate of drug-likeness (QED) is 0.853. The fraction of sp³-hybridized carbons (Fsp3) is 0.611. The molecule has 2 fully saturated rings. The van der Waals surface area contributed by atoms with Crippen molar-refractivity contribution in [2.24, 2.45) is 0 Å². The van der Waals surface area contributed by atoms with Crippen LogP contribution in [-0.2, 0) is 11.3 Å². The summed E-state index contributed by atoms with van der Waals surface area (Å²) in [5.74, 6) is 0.0126. The number of rotatable bonds is 5. The Morgan fingerprint density at radius 3 is 2.44 bits per heavy atom. The minimum Gasteiger partial charge on any atom is -0.340 e. The Labute approximate surface area is 153 Å². The molecule has 138 valence electrons.